The van der Waals surface area contributed by atoms with Crippen molar-refractivity contribution in [2.45, 2.75) is 34.6 Å². The molecule has 1 heteroatoms. The van der Waals surface area contributed by atoms with Gasteiger partial charge in [0, 0.05) is 5.92 Å². The van der Waals surface area contributed by atoms with Gasteiger partial charge in [-0.25, -0.2) is 0 Å². The first-order valence-corrected chi connectivity index (χ1v) is 4.62. The van der Waals surface area contributed by atoms with Crippen LogP contribution >= 0.6 is 12.2 Å². The van der Waals surface area contributed by atoms with Crippen LogP contribution in [-0.2, 0) is 0 Å². The minimum Gasteiger partial charge on any atom is -0.0958 e. The van der Waals surface area contributed by atoms with Gasteiger partial charge in [0.15, 0.2) is 0 Å². The second-order valence-corrected chi connectivity index (χ2v) is 4.17. The minimum atomic E-state index is 0.363. The largest absolute Gasteiger partial charge is 0.0958 e. The molecule has 0 aromatic heterocycles. The lowest BCUT2D eigenvalue weighted by Crippen LogP contribution is -2.09. The molecule has 0 nitrogen and oxygen atoms in total. The maximum absolute atomic E-state index is 5.16. The summed E-state index contributed by atoms with van der Waals surface area (Å²) >= 11 is 5.16. The van der Waals surface area contributed by atoms with E-state index in [9.17, 15) is 0 Å². The van der Waals surface area contributed by atoms with Gasteiger partial charge < -0.3 is 0 Å². The van der Waals surface area contributed by atoms with Crippen LogP contribution in [0.15, 0.2) is 23.3 Å². The van der Waals surface area contributed by atoms with E-state index < -0.39 is 0 Å². The minimum absolute atomic E-state index is 0.363. The van der Waals surface area contributed by atoms with Gasteiger partial charge in [-0.05, 0) is 38.1 Å². The third-order valence-corrected chi connectivity index (χ3v) is 2.39. The quantitative estimate of drug-likeness (QED) is 0.471. The molecule has 0 aliphatic carbocycles. The summed E-state index contributed by atoms with van der Waals surface area (Å²) < 4.78 is 0. The highest BCUT2D eigenvalue weighted by atomic mass is 32.1. The monoisotopic (exact) mass is 182 g/mol. The standard InChI is InChI=1S/C11H18S/c1-7(2)11(8(3)4)9(5)10(6)12/h9H,1H2,2-6H3. The van der Waals surface area contributed by atoms with Gasteiger partial charge in [0.1, 0.15) is 0 Å². The lowest BCUT2D eigenvalue weighted by atomic mass is 9.90. The number of hydrogen-bond donors (Lipinski definition) is 0. The van der Waals surface area contributed by atoms with Crippen molar-refractivity contribution in [3.8, 4) is 0 Å². The molecule has 0 aliphatic rings. The van der Waals surface area contributed by atoms with Gasteiger partial charge in [0.2, 0.25) is 0 Å². The molecule has 68 valence electrons. The molecule has 0 aromatic carbocycles. The Labute approximate surface area is 81.4 Å². The van der Waals surface area contributed by atoms with Crippen molar-refractivity contribution in [2.75, 3.05) is 0 Å². The Morgan fingerprint density at radius 1 is 1.17 bits per heavy atom. The summed E-state index contributed by atoms with van der Waals surface area (Å²) in [4.78, 5) is 1.04. The molecule has 0 rings (SSSR count). The van der Waals surface area contributed by atoms with Gasteiger partial charge >= 0.3 is 0 Å². The number of thiocarbonyl (C=S) groups is 1. The fourth-order valence-electron chi connectivity index (χ4n) is 1.43. The van der Waals surface area contributed by atoms with Crippen LogP contribution in [-0.4, -0.2) is 4.86 Å². The SMILES string of the molecule is C=C(C)C(=C(C)C)C(C)C(C)=S. The van der Waals surface area contributed by atoms with Crippen molar-refractivity contribution in [1.82, 2.24) is 0 Å². The molecule has 0 spiro atoms. The second-order valence-electron chi connectivity index (χ2n) is 3.53. The van der Waals surface area contributed by atoms with Crippen LogP contribution in [0.4, 0.5) is 0 Å². The lowest BCUT2D eigenvalue weighted by molar-refractivity contribution is 0.912. The first kappa shape index (κ1) is 11.6. The Bertz CT molecular complexity index is 229. The van der Waals surface area contributed by atoms with Gasteiger partial charge in [-0.1, -0.05) is 36.9 Å². The number of hydrogen-bond acceptors (Lipinski definition) is 1. The molecule has 0 saturated carbocycles. The molecule has 0 bridgehead atoms. The zero-order chi connectivity index (χ0) is 9.89. The molecule has 1 atom stereocenters. The number of rotatable bonds is 3. The van der Waals surface area contributed by atoms with E-state index in [1.54, 1.807) is 0 Å². The summed E-state index contributed by atoms with van der Waals surface area (Å²) in [6.45, 7) is 14.4. The predicted octanol–water partition coefficient (Wildman–Crippen LogP) is 3.92. The summed E-state index contributed by atoms with van der Waals surface area (Å²) in [7, 11) is 0. The maximum Gasteiger partial charge on any atom is 0.0124 e. The van der Waals surface area contributed by atoms with Crippen LogP contribution in [0.3, 0.4) is 0 Å². The zero-order valence-electron chi connectivity index (χ0n) is 8.69. The van der Waals surface area contributed by atoms with Crippen LogP contribution in [0.25, 0.3) is 0 Å². The van der Waals surface area contributed by atoms with Crippen LogP contribution < -0.4 is 0 Å². The van der Waals surface area contributed by atoms with Crippen molar-refractivity contribution in [3.05, 3.63) is 23.3 Å². The molecule has 12 heavy (non-hydrogen) atoms. The second kappa shape index (κ2) is 4.56. The average Bonchev–Trinajstić information content (AvgIpc) is 1.85. The Morgan fingerprint density at radius 2 is 1.58 bits per heavy atom. The molecule has 0 radical (unpaired) electrons. The normalized spacial score (nSPS) is 12.1. The fraction of sp³-hybridized carbons (Fsp3) is 0.545. The van der Waals surface area contributed by atoms with Crippen LogP contribution in [0.5, 0.6) is 0 Å². The Balaban J connectivity index is 4.91. The first-order chi connectivity index (χ1) is 5.37. The van der Waals surface area contributed by atoms with Crippen LogP contribution in [0, 0.1) is 5.92 Å². The van der Waals surface area contributed by atoms with E-state index in [0.29, 0.717) is 5.92 Å². The van der Waals surface area contributed by atoms with Crippen molar-refractivity contribution >= 4 is 17.1 Å². The predicted molar refractivity (Wildman–Crippen MR) is 60.6 cm³/mol. The van der Waals surface area contributed by atoms with E-state index in [-0.39, 0.29) is 0 Å². The van der Waals surface area contributed by atoms with Crippen LogP contribution in [0.1, 0.15) is 34.6 Å². The molecular weight excluding hydrogens is 164 g/mol. The highest BCUT2D eigenvalue weighted by Gasteiger charge is 2.12. The highest BCUT2D eigenvalue weighted by Crippen LogP contribution is 2.23. The fourth-order valence-corrected chi connectivity index (χ4v) is 1.55. The summed E-state index contributed by atoms with van der Waals surface area (Å²) in [6.07, 6.45) is 0. The van der Waals surface area contributed by atoms with E-state index in [1.165, 1.54) is 11.1 Å². The van der Waals surface area contributed by atoms with Gasteiger partial charge in [0.25, 0.3) is 0 Å². The Hall–Kier alpha value is -0.430. The Morgan fingerprint density at radius 3 is 1.67 bits per heavy atom. The van der Waals surface area contributed by atoms with Crippen molar-refractivity contribution in [2.24, 2.45) is 5.92 Å². The maximum atomic E-state index is 5.16. The Kier molecular flexibility index (Phi) is 4.40. The molecule has 0 saturated heterocycles. The zero-order valence-corrected chi connectivity index (χ0v) is 9.51. The molecule has 0 aliphatic heterocycles. The summed E-state index contributed by atoms with van der Waals surface area (Å²) in [5.74, 6) is 0.363. The van der Waals surface area contributed by atoms with Gasteiger partial charge in [-0.15, -0.1) is 0 Å². The van der Waals surface area contributed by atoms with E-state index in [0.717, 1.165) is 10.4 Å². The molecule has 0 heterocycles. The van der Waals surface area contributed by atoms with Gasteiger partial charge in [0.05, 0.1) is 0 Å². The molecule has 0 aromatic rings. The topological polar surface area (TPSA) is 0 Å². The summed E-state index contributed by atoms with van der Waals surface area (Å²) in [5, 5.41) is 0. The summed E-state index contributed by atoms with van der Waals surface area (Å²) in [5.41, 5.74) is 3.76. The molecule has 0 amide bonds. The molecule has 0 N–H and O–H groups in total. The van der Waals surface area contributed by atoms with E-state index in [1.807, 2.05) is 13.8 Å². The average molecular weight is 182 g/mol. The van der Waals surface area contributed by atoms with Gasteiger partial charge in [-0.3, -0.25) is 0 Å². The van der Waals surface area contributed by atoms with E-state index >= 15 is 0 Å². The first-order valence-electron chi connectivity index (χ1n) is 4.21. The van der Waals surface area contributed by atoms with Gasteiger partial charge in [-0.2, -0.15) is 0 Å². The molecule has 1 unspecified atom stereocenters. The lowest BCUT2D eigenvalue weighted by Gasteiger charge is -2.17. The van der Waals surface area contributed by atoms with Crippen molar-refractivity contribution < 1.29 is 0 Å². The van der Waals surface area contributed by atoms with Crippen LogP contribution in [0.2, 0.25) is 0 Å². The third kappa shape index (κ3) is 2.90. The van der Waals surface area contributed by atoms with Crippen molar-refractivity contribution in [3.63, 3.8) is 0 Å². The van der Waals surface area contributed by atoms with Crippen molar-refractivity contribution in [1.29, 1.82) is 0 Å². The smallest absolute Gasteiger partial charge is 0.0124 e. The molecule has 0 fully saturated rings. The molecular formula is C11H18S. The van der Waals surface area contributed by atoms with E-state index in [4.69, 9.17) is 12.2 Å². The summed E-state index contributed by atoms with van der Waals surface area (Å²) in [6, 6.07) is 0. The highest BCUT2D eigenvalue weighted by molar-refractivity contribution is 7.80. The number of allylic oxidation sites excluding steroid dienone is 3. The third-order valence-electron chi connectivity index (χ3n) is 2.04. The van der Waals surface area contributed by atoms with E-state index in [2.05, 4.69) is 27.4 Å².